The van der Waals surface area contributed by atoms with Crippen LogP contribution in [0.5, 0.6) is 0 Å². The molecule has 0 aliphatic carbocycles. The third kappa shape index (κ3) is 11.5. The van der Waals surface area contributed by atoms with Crippen LogP contribution >= 0.6 is 0 Å². The summed E-state index contributed by atoms with van der Waals surface area (Å²) in [6.07, 6.45) is 4.57. The topological polar surface area (TPSA) is 135 Å². The monoisotopic (exact) mass is 508 g/mol. The summed E-state index contributed by atoms with van der Waals surface area (Å²) in [7, 11) is 0. The first kappa shape index (κ1) is 29.8. The van der Waals surface area contributed by atoms with E-state index in [9.17, 15) is 9.59 Å². The van der Waals surface area contributed by atoms with Crippen molar-refractivity contribution < 1.29 is 9.59 Å². The van der Waals surface area contributed by atoms with Gasteiger partial charge in [0.15, 0.2) is 5.96 Å². The smallest absolute Gasteiger partial charge is 0.242 e. The van der Waals surface area contributed by atoms with E-state index in [1.807, 2.05) is 32.0 Å². The molecule has 0 fully saturated rings. The first-order valence-corrected chi connectivity index (χ1v) is 13.3. The lowest BCUT2D eigenvalue weighted by Crippen LogP contribution is -2.54. The number of benzene rings is 2. The zero-order valence-electron chi connectivity index (χ0n) is 22.5. The Morgan fingerprint density at radius 2 is 1.54 bits per heavy atom. The molecule has 0 heterocycles. The van der Waals surface area contributed by atoms with E-state index in [4.69, 9.17) is 11.5 Å². The molecule has 2 atom stereocenters. The van der Waals surface area contributed by atoms with Crippen LogP contribution in [0.3, 0.4) is 0 Å². The van der Waals surface area contributed by atoms with Gasteiger partial charge >= 0.3 is 0 Å². The fourth-order valence-electron chi connectivity index (χ4n) is 4.08. The summed E-state index contributed by atoms with van der Waals surface area (Å²) in [4.78, 5) is 30.3. The molecule has 0 aliphatic rings. The number of aliphatic imine (C=N–C) groups is 1. The summed E-state index contributed by atoms with van der Waals surface area (Å²) in [5, 5.41) is 9.31. The summed E-state index contributed by atoms with van der Waals surface area (Å²) in [5.74, 6) is -0.356. The number of carbonyl (C=O) groups is 2. The number of amides is 2. The second-order valence-electron chi connectivity index (χ2n) is 9.65. The Bertz CT molecular complexity index is 972. The van der Waals surface area contributed by atoms with Crippen molar-refractivity contribution in [3.05, 3.63) is 60.2 Å². The molecule has 0 saturated heterocycles. The minimum Gasteiger partial charge on any atom is -0.370 e. The Hall–Kier alpha value is -3.39. The SMILES string of the molecule is CCCCCNC(=O)[C@H](CCCN=C(N)N)NC(=O)[C@H](Cc1ccc(-c2ccccc2)cc1)NC(C)C. The van der Waals surface area contributed by atoms with Crippen LogP contribution in [0.25, 0.3) is 11.1 Å². The number of hydrogen-bond donors (Lipinski definition) is 5. The van der Waals surface area contributed by atoms with Crippen molar-refractivity contribution >= 4 is 17.8 Å². The predicted octanol–water partition coefficient (Wildman–Crippen LogP) is 3.11. The summed E-state index contributed by atoms with van der Waals surface area (Å²) in [5.41, 5.74) is 14.2. The van der Waals surface area contributed by atoms with Crippen LogP contribution in [0.1, 0.15) is 58.4 Å². The number of nitrogens with zero attached hydrogens (tertiary/aromatic N) is 1. The normalized spacial score (nSPS) is 12.5. The van der Waals surface area contributed by atoms with E-state index >= 15 is 0 Å². The molecular formula is C29H44N6O2. The van der Waals surface area contributed by atoms with Crippen LogP contribution in [0.2, 0.25) is 0 Å². The Balaban J connectivity index is 2.08. The number of guanidine groups is 1. The molecule has 0 aromatic heterocycles. The Kier molecular flexibility index (Phi) is 13.2. The van der Waals surface area contributed by atoms with Gasteiger partial charge in [-0.25, -0.2) is 0 Å². The number of unbranched alkanes of at least 4 members (excludes halogenated alkanes) is 2. The Labute approximate surface area is 221 Å². The second-order valence-corrected chi connectivity index (χ2v) is 9.65. The lowest BCUT2D eigenvalue weighted by Gasteiger charge is -2.25. The molecule has 2 rings (SSSR count). The molecule has 0 saturated carbocycles. The van der Waals surface area contributed by atoms with Gasteiger partial charge in [-0.15, -0.1) is 0 Å². The summed E-state index contributed by atoms with van der Waals surface area (Å²) in [6, 6.07) is 17.4. The van der Waals surface area contributed by atoms with E-state index in [0.29, 0.717) is 32.4 Å². The highest BCUT2D eigenvalue weighted by Gasteiger charge is 2.26. The van der Waals surface area contributed by atoms with Gasteiger partial charge < -0.3 is 27.4 Å². The van der Waals surface area contributed by atoms with Crippen molar-refractivity contribution in [1.29, 1.82) is 0 Å². The van der Waals surface area contributed by atoms with Crippen LogP contribution in [0.4, 0.5) is 0 Å². The van der Waals surface area contributed by atoms with E-state index in [1.165, 1.54) is 0 Å². The number of carbonyl (C=O) groups excluding carboxylic acids is 2. The van der Waals surface area contributed by atoms with E-state index in [0.717, 1.165) is 36.0 Å². The highest BCUT2D eigenvalue weighted by atomic mass is 16.2. The molecule has 37 heavy (non-hydrogen) atoms. The van der Waals surface area contributed by atoms with Gasteiger partial charge in [-0.05, 0) is 42.4 Å². The minimum absolute atomic E-state index is 0.0177. The molecule has 2 aromatic carbocycles. The van der Waals surface area contributed by atoms with Crippen molar-refractivity contribution in [2.75, 3.05) is 13.1 Å². The largest absolute Gasteiger partial charge is 0.370 e. The molecular weight excluding hydrogens is 464 g/mol. The molecule has 202 valence electrons. The maximum atomic E-state index is 13.4. The van der Waals surface area contributed by atoms with Crippen LogP contribution in [0.15, 0.2) is 59.6 Å². The summed E-state index contributed by atoms with van der Waals surface area (Å²) >= 11 is 0. The zero-order chi connectivity index (χ0) is 27.0. The van der Waals surface area contributed by atoms with Crippen LogP contribution in [-0.2, 0) is 16.0 Å². The molecule has 0 unspecified atom stereocenters. The number of nitrogens with two attached hydrogens (primary N) is 2. The van der Waals surface area contributed by atoms with Gasteiger partial charge in [-0.2, -0.15) is 0 Å². The number of nitrogens with one attached hydrogen (secondary N) is 3. The van der Waals surface area contributed by atoms with E-state index in [2.05, 4.69) is 64.3 Å². The van der Waals surface area contributed by atoms with Crippen LogP contribution in [-0.4, -0.2) is 49.0 Å². The highest BCUT2D eigenvalue weighted by molar-refractivity contribution is 5.90. The van der Waals surface area contributed by atoms with E-state index < -0.39 is 12.1 Å². The Morgan fingerprint density at radius 1 is 0.865 bits per heavy atom. The number of hydrogen-bond acceptors (Lipinski definition) is 4. The predicted molar refractivity (Wildman–Crippen MR) is 152 cm³/mol. The average Bonchev–Trinajstić information content (AvgIpc) is 2.88. The quantitative estimate of drug-likeness (QED) is 0.135. The maximum absolute atomic E-state index is 13.4. The lowest BCUT2D eigenvalue weighted by atomic mass is 9.99. The van der Waals surface area contributed by atoms with Crippen LogP contribution in [0, 0.1) is 0 Å². The third-order valence-corrected chi connectivity index (χ3v) is 6.01. The van der Waals surface area contributed by atoms with Gasteiger partial charge in [-0.1, -0.05) is 88.2 Å². The molecule has 0 bridgehead atoms. The van der Waals surface area contributed by atoms with Gasteiger partial charge in [0.2, 0.25) is 11.8 Å². The molecule has 2 aromatic rings. The first-order chi connectivity index (χ1) is 17.8. The zero-order valence-corrected chi connectivity index (χ0v) is 22.5. The minimum atomic E-state index is -0.653. The summed E-state index contributed by atoms with van der Waals surface area (Å²) < 4.78 is 0. The molecule has 7 N–H and O–H groups in total. The summed E-state index contributed by atoms with van der Waals surface area (Å²) in [6.45, 7) is 7.12. The van der Waals surface area contributed by atoms with Gasteiger partial charge in [0.1, 0.15) is 6.04 Å². The van der Waals surface area contributed by atoms with Gasteiger partial charge in [0.25, 0.3) is 0 Å². The van der Waals surface area contributed by atoms with Gasteiger partial charge in [0, 0.05) is 19.1 Å². The van der Waals surface area contributed by atoms with Gasteiger partial charge in [-0.3, -0.25) is 14.6 Å². The van der Waals surface area contributed by atoms with E-state index in [-0.39, 0.29) is 23.8 Å². The van der Waals surface area contributed by atoms with Crippen molar-refractivity contribution in [1.82, 2.24) is 16.0 Å². The highest BCUT2D eigenvalue weighted by Crippen LogP contribution is 2.20. The molecule has 0 aliphatic heterocycles. The molecule has 8 heteroatoms. The fourth-order valence-corrected chi connectivity index (χ4v) is 4.08. The van der Waals surface area contributed by atoms with Crippen molar-refractivity contribution in [2.24, 2.45) is 16.5 Å². The van der Waals surface area contributed by atoms with Crippen molar-refractivity contribution in [2.45, 2.75) is 77.4 Å². The van der Waals surface area contributed by atoms with Gasteiger partial charge in [0.05, 0.1) is 6.04 Å². The van der Waals surface area contributed by atoms with E-state index in [1.54, 1.807) is 0 Å². The van der Waals surface area contributed by atoms with Crippen molar-refractivity contribution in [3.8, 4) is 11.1 Å². The Morgan fingerprint density at radius 3 is 2.16 bits per heavy atom. The first-order valence-electron chi connectivity index (χ1n) is 13.3. The second kappa shape index (κ2) is 16.4. The fraction of sp³-hybridized carbons (Fsp3) is 0.483. The average molecular weight is 509 g/mol. The lowest BCUT2D eigenvalue weighted by molar-refractivity contribution is -0.130. The molecule has 0 spiro atoms. The maximum Gasteiger partial charge on any atom is 0.242 e. The molecule has 8 nitrogen and oxygen atoms in total. The number of rotatable bonds is 16. The third-order valence-electron chi connectivity index (χ3n) is 6.01. The van der Waals surface area contributed by atoms with Crippen LogP contribution < -0.4 is 27.4 Å². The molecule has 0 radical (unpaired) electrons. The molecule has 2 amide bonds. The van der Waals surface area contributed by atoms with Crippen molar-refractivity contribution in [3.63, 3.8) is 0 Å². The standard InChI is InChI=1S/C29H44N6O2/c1-4-5-9-18-32-27(36)25(13-10-19-33-29(30)31)35-28(37)26(34-21(2)3)20-22-14-16-24(17-15-22)23-11-7-6-8-12-23/h6-8,11-12,14-17,21,25-26,34H,4-5,9-10,13,18-20H2,1-3H3,(H,32,36)(H,35,37)(H4,30,31,33)/t25-,26-/m0/s1.